The van der Waals surface area contributed by atoms with E-state index in [1.807, 2.05) is 0 Å². The predicted octanol–water partition coefficient (Wildman–Crippen LogP) is 2.78. The normalized spacial score (nSPS) is 12.5. The fourth-order valence-corrected chi connectivity index (χ4v) is 1.70. The Kier molecular flexibility index (Phi) is 5.72. The molecule has 0 aromatic heterocycles. The van der Waals surface area contributed by atoms with Gasteiger partial charge in [-0.15, -0.1) is 0 Å². The molecule has 1 aromatic carbocycles. The molecule has 1 N–H and O–H groups in total. The number of likely N-dealkylation sites (N-methyl/N-ethyl adjacent to an activating group) is 1. The maximum Gasteiger partial charge on any atom is 0.305 e. The number of benzene rings is 1. The van der Waals surface area contributed by atoms with Gasteiger partial charge in [-0.05, 0) is 26.2 Å². The van der Waals surface area contributed by atoms with Crippen LogP contribution in [-0.2, 0) is 4.79 Å². The van der Waals surface area contributed by atoms with Crippen LogP contribution in [0.2, 0.25) is 10.0 Å². The number of carbonyl (C=O) groups is 1. The molecule has 0 aliphatic carbocycles. The Morgan fingerprint density at radius 2 is 2.11 bits per heavy atom. The average Bonchev–Trinajstić information content (AvgIpc) is 2.27. The molecule has 1 rings (SSSR count). The van der Waals surface area contributed by atoms with E-state index in [0.717, 1.165) is 0 Å². The number of hydrogen-bond acceptors (Lipinski definition) is 3. The first-order valence-electron chi connectivity index (χ1n) is 5.36. The van der Waals surface area contributed by atoms with Crippen molar-refractivity contribution in [3.8, 4) is 5.75 Å². The molecule has 0 bridgehead atoms. The van der Waals surface area contributed by atoms with E-state index in [1.165, 1.54) is 0 Å². The molecule has 0 heterocycles. The van der Waals surface area contributed by atoms with E-state index < -0.39 is 5.97 Å². The standard InChI is InChI=1S/C12H15Cl2NO3/c1-15(2)9(6-12(16)17)7-18-11-5-8(13)3-4-10(11)14/h3-5,9H,6-7H2,1-2H3,(H,16,17). The van der Waals surface area contributed by atoms with E-state index in [1.54, 1.807) is 37.2 Å². The molecular weight excluding hydrogens is 277 g/mol. The Hall–Kier alpha value is -0.970. The van der Waals surface area contributed by atoms with E-state index in [-0.39, 0.29) is 19.1 Å². The average molecular weight is 292 g/mol. The Morgan fingerprint density at radius 1 is 1.44 bits per heavy atom. The van der Waals surface area contributed by atoms with E-state index in [4.69, 9.17) is 33.0 Å². The van der Waals surface area contributed by atoms with Crippen LogP contribution in [0.25, 0.3) is 0 Å². The van der Waals surface area contributed by atoms with Gasteiger partial charge < -0.3 is 14.7 Å². The number of hydrogen-bond donors (Lipinski definition) is 1. The second-order valence-electron chi connectivity index (χ2n) is 4.10. The lowest BCUT2D eigenvalue weighted by atomic mass is 10.2. The SMILES string of the molecule is CN(C)C(COc1cc(Cl)ccc1Cl)CC(=O)O. The minimum Gasteiger partial charge on any atom is -0.490 e. The smallest absolute Gasteiger partial charge is 0.305 e. The Labute approximate surface area is 116 Å². The van der Waals surface area contributed by atoms with Gasteiger partial charge in [0.1, 0.15) is 12.4 Å². The summed E-state index contributed by atoms with van der Waals surface area (Å²) in [6.45, 7) is 0.235. The van der Waals surface area contributed by atoms with Crippen LogP contribution < -0.4 is 4.74 Å². The van der Waals surface area contributed by atoms with Crippen LogP contribution in [0.1, 0.15) is 6.42 Å². The van der Waals surface area contributed by atoms with Crippen LogP contribution in [0.15, 0.2) is 18.2 Å². The van der Waals surface area contributed by atoms with Gasteiger partial charge >= 0.3 is 5.97 Å². The largest absolute Gasteiger partial charge is 0.490 e. The third-order valence-corrected chi connectivity index (χ3v) is 3.01. The summed E-state index contributed by atoms with van der Waals surface area (Å²) in [5, 5.41) is 9.77. The molecule has 100 valence electrons. The van der Waals surface area contributed by atoms with Gasteiger partial charge in [0.15, 0.2) is 0 Å². The third-order valence-electron chi connectivity index (χ3n) is 2.47. The van der Waals surface area contributed by atoms with Crippen molar-refractivity contribution in [1.82, 2.24) is 4.90 Å². The number of halogens is 2. The second-order valence-corrected chi connectivity index (χ2v) is 4.94. The van der Waals surface area contributed by atoms with Gasteiger partial charge in [-0.1, -0.05) is 23.2 Å². The first-order chi connectivity index (χ1) is 8.40. The quantitative estimate of drug-likeness (QED) is 0.876. The zero-order valence-corrected chi connectivity index (χ0v) is 11.7. The van der Waals surface area contributed by atoms with Crippen LogP contribution in [-0.4, -0.2) is 42.7 Å². The van der Waals surface area contributed by atoms with E-state index in [2.05, 4.69) is 0 Å². The molecule has 0 aliphatic rings. The molecule has 0 radical (unpaired) electrons. The summed E-state index contributed by atoms with van der Waals surface area (Å²) >= 11 is 11.8. The van der Waals surface area contributed by atoms with Gasteiger partial charge in [0, 0.05) is 11.1 Å². The molecule has 0 saturated heterocycles. The molecule has 0 fully saturated rings. The van der Waals surface area contributed by atoms with Crippen LogP contribution in [0.4, 0.5) is 0 Å². The summed E-state index contributed by atoms with van der Waals surface area (Å²) in [7, 11) is 3.60. The summed E-state index contributed by atoms with van der Waals surface area (Å²) < 4.78 is 5.52. The van der Waals surface area contributed by atoms with Gasteiger partial charge in [-0.25, -0.2) is 0 Å². The van der Waals surface area contributed by atoms with Gasteiger partial charge in [-0.3, -0.25) is 4.79 Å². The highest BCUT2D eigenvalue weighted by Crippen LogP contribution is 2.27. The van der Waals surface area contributed by atoms with E-state index >= 15 is 0 Å². The topological polar surface area (TPSA) is 49.8 Å². The zero-order valence-electron chi connectivity index (χ0n) is 10.2. The van der Waals surface area contributed by atoms with Gasteiger partial charge in [0.2, 0.25) is 0 Å². The minimum atomic E-state index is -0.866. The fraction of sp³-hybridized carbons (Fsp3) is 0.417. The molecule has 4 nitrogen and oxygen atoms in total. The lowest BCUT2D eigenvalue weighted by Gasteiger charge is -2.23. The molecule has 6 heteroatoms. The van der Waals surface area contributed by atoms with Crippen molar-refractivity contribution in [1.29, 1.82) is 0 Å². The van der Waals surface area contributed by atoms with Crippen molar-refractivity contribution in [3.05, 3.63) is 28.2 Å². The number of nitrogens with zero attached hydrogens (tertiary/aromatic N) is 1. The molecule has 1 atom stereocenters. The molecule has 0 aliphatic heterocycles. The number of carboxylic acid groups (broad SMARTS) is 1. The van der Waals surface area contributed by atoms with Crippen LogP contribution in [0.5, 0.6) is 5.75 Å². The van der Waals surface area contributed by atoms with Crippen molar-refractivity contribution < 1.29 is 14.6 Å². The molecule has 1 aromatic rings. The molecule has 1 unspecified atom stereocenters. The molecule has 0 saturated carbocycles. The summed E-state index contributed by atoms with van der Waals surface area (Å²) in [6.07, 6.45) is 0.00514. The molecule has 0 amide bonds. The van der Waals surface area contributed by atoms with Crippen molar-refractivity contribution in [2.24, 2.45) is 0 Å². The monoisotopic (exact) mass is 291 g/mol. The minimum absolute atomic E-state index is 0.00514. The summed E-state index contributed by atoms with van der Waals surface area (Å²) in [6, 6.07) is 4.69. The lowest BCUT2D eigenvalue weighted by Crippen LogP contribution is -2.35. The Bertz CT molecular complexity index is 424. The summed E-state index contributed by atoms with van der Waals surface area (Å²) in [5.41, 5.74) is 0. The van der Waals surface area contributed by atoms with Crippen LogP contribution in [0.3, 0.4) is 0 Å². The number of aliphatic carboxylic acids is 1. The first kappa shape index (κ1) is 15.1. The van der Waals surface area contributed by atoms with Gasteiger partial charge in [0.05, 0.1) is 17.5 Å². The first-order valence-corrected chi connectivity index (χ1v) is 6.12. The number of ether oxygens (including phenoxy) is 1. The lowest BCUT2D eigenvalue weighted by molar-refractivity contribution is -0.138. The highest BCUT2D eigenvalue weighted by atomic mass is 35.5. The summed E-state index contributed by atoms with van der Waals surface area (Å²) in [5.74, 6) is -0.407. The van der Waals surface area contributed by atoms with E-state index in [0.29, 0.717) is 15.8 Å². The van der Waals surface area contributed by atoms with Gasteiger partial charge in [0.25, 0.3) is 0 Å². The molecule has 18 heavy (non-hydrogen) atoms. The van der Waals surface area contributed by atoms with Crippen molar-refractivity contribution in [2.75, 3.05) is 20.7 Å². The number of carboxylic acids is 1. The molecule has 0 spiro atoms. The molecular formula is C12H15Cl2NO3. The zero-order chi connectivity index (χ0) is 13.7. The summed E-state index contributed by atoms with van der Waals surface area (Å²) in [4.78, 5) is 12.5. The van der Waals surface area contributed by atoms with Crippen molar-refractivity contribution in [3.63, 3.8) is 0 Å². The third kappa shape index (κ3) is 4.72. The van der Waals surface area contributed by atoms with Crippen LogP contribution >= 0.6 is 23.2 Å². The fourth-order valence-electron chi connectivity index (χ4n) is 1.37. The Morgan fingerprint density at radius 3 is 2.67 bits per heavy atom. The highest BCUT2D eigenvalue weighted by molar-refractivity contribution is 6.34. The van der Waals surface area contributed by atoms with Gasteiger partial charge in [-0.2, -0.15) is 0 Å². The maximum atomic E-state index is 10.7. The van der Waals surface area contributed by atoms with Crippen molar-refractivity contribution >= 4 is 29.2 Å². The highest BCUT2D eigenvalue weighted by Gasteiger charge is 2.17. The van der Waals surface area contributed by atoms with Crippen LogP contribution in [0, 0.1) is 0 Å². The second kappa shape index (κ2) is 6.83. The number of rotatable bonds is 6. The maximum absolute atomic E-state index is 10.7. The Balaban J connectivity index is 2.66. The van der Waals surface area contributed by atoms with E-state index in [9.17, 15) is 4.79 Å². The predicted molar refractivity (Wildman–Crippen MR) is 71.7 cm³/mol. The van der Waals surface area contributed by atoms with Crippen molar-refractivity contribution in [2.45, 2.75) is 12.5 Å².